The van der Waals surface area contributed by atoms with Crippen molar-refractivity contribution in [3.8, 4) is 0 Å². The zero-order valence-electron chi connectivity index (χ0n) is 8.92. The van der Waals surface area contributed by atoms with Gasteiger partial charge >= 0.3 is 5.97 Å². The maximum absolute atomic E-state index is 10.9. The highest BCUT2D eigenvalue weighted by atomic mass is 16.4. The quantitative estimate of drug-likeness (QED) is 0.779. The van der Waals surface area contributed by atoms with Crippen LogP contribution < -0.4 is 5.32 Å². The van der Waals surface area contributed by atoms with Crippen LogP contribution in [0.15, 0.2) is 12.1 Å². The first kappa shape index (κ1) is 11.2. The molecule has 0 spiro atoms. The molecule has 4 heteroatoms. The number of nitrogens with one attached hydrogen (secondary N) is 1. The molecule has 15 heavy (non-hydrogen) atoms. The molecule has 2 N–H and O–H groups in total. The van der Waals surface area contributed by atoms with Crippen LogP contribution in [0, 0.1) is 13.8 Å². The Labute approximate surface area is 87.9 Å². The molecule has 0 atom stereocenters. The number of aromatic carboxylic acids is 1. The molecular formula is C11H13NO3. The van der Waals surface area contributed by atoms with E-state index >= 15 is 0 Å². The lowest BCUT2D eigenvalue weighted by Crippen LogP contribution is -2.09. The lowest BCUT2D eigenvalue weighted by molar-refractivity contribution is -0.114. The second-order valence-electron chi connectivity index (χ2n) is 3.40. The molecule has 0 saturated carbocycles. The van der Waals surface area contributed by atoms with Crippen LogP contribution in [0.4, 0.5) is 5.69 Å². The highest BCUT2D eigenvalue weighted by Crippen LogP contribution is 2.22. The Morgan fingerprint density at radius 1 is 1.20 bits per heavy atom. The van der Waals surface area contributed by atoms with E-state index < -0.39 is 5.97 Å². The highest BCUT2D eigenvalue weighted by Gasteiger charge is 2.11. The number of rotatable bonds is 2. The Morgan fingerprint density at radius 3 is 2.27 bits per heavy atom. The van der Waals surface area contributed by atoms with Gasteiger partial charge in [-0.1, -0.05) is 0 Å². The van der Waals surface area contributed by atoms with Crippen molar-refractivity contribution in [1.29, 1.82) is 0 Å². The molecule has 0 radical (unpaired) electrons. The number of carboxylic acids is 1. The summed E-state index contributed by atoms with van der Waals surface area (Å²) in [6.07, 6.45) is 0. The van der Waals surface area contributed by atoms with E-state index in [2.05, 4.69) is 5.32 Å². The summed E-state index contributed by atoms with van der Waals surface area (Å²) in [5.41, 5.74) is 2.38. The van der Waals surface area contributed by atoms with Gasteiger partial charge in [-0.25, -0.2) is 4.79 Å². The molecule has 0 fully saturated rings. The maximum Gasteiger partial charge on any atom is 0.335 e. The molecule has 0 aliphatic rings. The molecule has 0 bridgehead atoms. The van der Waals surface area contributed by atoms with Crippen molar-refractivity contribution in [3.05, 3.63) is 28.8 Å². The summed E-state index contributed by atoms with van der Waals surface area (Å²) in [5.74, 6) is -1.12. The van der Waals surface area contributed by atoms with Gasteiger partial charge in [0.15, 0.2) is 0 Å². The fraction of sp³-hybridized carbons (Fsp3) is 0.273. The standard InChI is InChI=1S/C11H13NO3/c1-6-7(2)10(12-8(3)13)5-4-9(6)11(14)15/h4-5H,1-3H3,(H,12,13)(H,14,15). The van der Waals surface area contributed by atoms with Crippen LogP contribution >= 0.6 is 0 Å². The van der Waals surface area contributed by atoms with Gasteiger partial charge in [0, 0.05) is 12.6 Å². The van der Waals surface area contributed by atoms with Crippen LogP contribution in [-0.4, -0.2) is 17.0 Å². The number of hydrogen-bond donors (Lipinski definition) is 2. The first-order chi connectivity index (χ1) is 6.93. The van der Waals surface area contributed by atoms with Crippen molar-refractivity contribution in [2.24, 2.45) is 0 Å². The summed E-state index contributed by atoms with van der Waals surface area (Å²) in [4.78, 5) is 21.7. The summed E-state index contributed by atoms with van der Waals surface area (Å²) in [6.45, 7) is 4.93. The molecule has 0 heterocycles. The van der Waals surface area contributed by atoms with Gasteiger partial charge in [0.2, 0.25) is 5.91 Å². The number of benzene rings is 1. The summed E-state index contributed by atoms with van der Waals surface area (Å²) < 4.78 is 0. The van der Waals surface area contributed by atoms with Crippen LogP contribution in [0.3, 0.4) is 0 Å². The van der Waals surface area contributed by atoms with Gasteiger partial charge in [-0.3, -0.25) is 4.79 Å². The fourth-order valence-corrected chi connectivity index (χ4v) is 1.38. The van der Waals surface area contributed by atoms with Gasteiger partial charge < -0.3 is 10.4 Å². The normalized spacial score (nSPS) is 9.80. The second kappa shape index (κ2) is 4.13. The van der Waals surface area contributed by atoms with Crippen LogP contribution in [-0.2, 0) is 4.79 Å². The Morgan fingerprint density at radius 2 is 1.80 bits per heavy atom. The second-order valence-corrected chi connectivity index (χ2v) is 3.40. The van der Waals surface area contributed by atoms with Gasteiger partial charge in [0.1, 0.15) is 0 Å². The van der Waals surface area contributed by atoms with E-state index in [1.54, 1.807) is 19.9 Å². The minimum atomic E-state index is -0.954. The zero-order chi connectivity index (χ0) is 11.6. The molecule has 1 rings (SSSR count). The van der Waals surface area contributed by atoms with Gasteiger partial charge in [-0.05, 0) is 37.1 Å². The molecule has 80 valence electrons. The largest absolute Gasteiger partial charge is 0.478 e. The van der Waals surface area contributed by atoms with Crippen molar-refractivity contribution < 1.29 is 14.7 Å². The molecule has 1 aromatic carbocycles. The molecule has 0 aliphatic carbocycles. The van der Waals surface area contributed by atoms with Crippen LogP contribution in [0.2, 0.25) is 0 Å². The van der Waals surface area contributed by atoms with Crippen molar-refractivity contribution in [1.82, 2.24) is 0 Å². The van der Waals surface area contributed by atoms with E-state index in [0.717, 1.165) is 5.56 Å². The Balaban J connectivity index is 3.21. The first-order valence-electron chi connectivity index (χ1n) is 4.54. The molecule has 4 nitrogen and oxygen atoms in total. The molecule has 1 aromatic rings. The molecule has 0 aromatic heterocycles. The van der Waals surface area contributed by atoms with Gasteiger partial charge in [0.25, 0.3) is 0 Å². The summed E-state index contributed by atoms with van der Waals surface area (Å²) in [7, 11) is 0. The molecule has 0 aliphatic heterocycles. The monoisotopic (exact) mass is 207 g/mol. The van der Waals surface area contributed by atoms with Crippen LogP contribution in [0.1, 0.15) is 28.4 Å². The van der Waals surface area contributed by atoms with E-state index in [0.29, 0.717) is 11.3 Å². The summed E-state index contributed by atoms with van der Waals surface area (Å²) in [5, 5.41) is 11.5. The number of carbonyl (C=O) groups is 2. The topological polar surface area (TPSA) is 66.4 Å². The highest BCUT2D eigenvalue weighted by molar-refractivity contribution is 5.93. The third-order valence-electron chi connectivity index (χ3n) is 2.33. The van der Waals surface area contributed by atoms with Crippen LogP contribution in [0.5, 0.6) is 0 Å². The Kier molecular flexibility index (Phi) is 3.09. The third kappa shape index (κ3) is 2.34. The minimum absolute atomic E-state index is 0.166. The van der Waals surface area contributed by atoms with E-state index in [-0.39, 0.29) is 11.5 Å². The van der Waals surface area contributed by atoms with E-state index in [9.17, 15) is 9.59 Å². The predicted octanol–water partition coefficient (Wildman–Crippen LogP) is 1.96. The van der Waals surface area contributed by atoms with Crippen molar-refractivity contribution in [2.75, 3.05) is 5.32 Å². The third-order valence-corrected chi connectivity index (χ3v) is 2.33. The van der Waals surface area contributed by atoms with Crippen molar-refractivity contribution in [3.63, 3.8) is 0 Å². The summed E-state index contributed by atoms with van der Waals surface area (Å²) in [6, 6.07) is 3.10. The number of hydrogen-bond acceptors (Lipinski definition) is 2. The average molecular weight is 207 g/mol. The number of carboxylic acid groups (broad SMARTS) is 1. The fourth-order valence-electron chi connectivity index (χ4n) is 1.38. The minimum Gasteiger partial charge on any atom is -0.478 e. The van der Waals surface area contributed by atoms with Crippen molar-refractivity contribution >= 4 is 17.6 Å². The number of carbonyl (C=O) groups excluding carboxylic acids is 1. The van der Waals surface area contributed by atoms with E-state index in [1.165, 1.54) is 13.0 Å². The average Bonchev–Trinajstić information content (AvgIpc) is 2.12. The van der Waals surface area contributed by atoms with Gasteiger partial charge in [-0.15, -0.1) is 0 Å². The molecule has 0 unspecified atom stereocenters. The maximum atomic E-state index is 10.9. The lowest BCUT2D eigenvalue weighted by Gasteiger charge is -2.11. The molecular weight excluding hydrogens is 194 g/mol. The Bertz CT molecular complexity index is 424. The predicted molar refractivity (Wildman–Crippen MR) is 57.2 cm³/mol. The van der Waals surface area contributed by atoms with Crippen LogP contribution in [0.25, 0.3) is 0 Å². The zero-order valence-corrected chi connectivity index (χ0v) is 8.92. The number of anilines is 1. The first-order valence-corrected chi connectivity index (χ1v) is 4.54. The lowest BCUT2D eigenvalue weighted by atomic mass is 10.0. The van der Waals surface area contributed by atoms with E-state index in [1.807, 2.05) is 0 Å². The Hall–Kier alpha value is -1.84. The number of amides is 1. The summed E-state index contributed by atoms with van der Waals surface area (Å²) >= 11 is 0. The van der Waals surface area contributed by atoms with Gasteiger partial charge in [0.05, 0.1) is 5.56 Å². The van der Waals surface area contributed by atoms with Gasteiger partial charge in [-0.2, -0.15) is 0 Å². The smallest absolute Gasteiger partial charge is 0.335 e. The van der Waals surface area contributed by atoms with Crippen molar-refractivity contribution in [2.45, 2.75) is 20.8 Å². The molecule has 0 saturated heterocycles. The SMILES string of the molecule is CC(=O)Nc1ccc(C(=O)O)c(C)c1C. The molecule has 1 amide bonds. The van der Waals surface area contributed by atoms with E-state index in [4.69, 9.17) is 5.11 Å².